The molecule has 4 rings (SSSR count). The smallest absolute Gasteiger partial charge is 0.246 e. The van der Waals surface area contributed by atoms with Crippen LogP contribution in [0.5, 0.6) is 5.88 Å². The van der Waals surface area contributed by atoms with Crippen molar-refractivity contribution in [2.75, 3.05) is 5.32 Å². The third-order valence-electron chi connectivity index (χ3n) is 4.75. The molecule has 156 valence electrons. The summed E-state index contributed by atoms with van der Waals surface area (Å²) in [5.41, 5.74) is 2.25. The second kappa shape index (κ2) is 7.50. The van der Waals surface area contributed by atoms with Crippen molar-refractivity contribution >= 4 is 44.7 Å². The number of rotatable bonds is 7. The molecule has 1 aliphatic carbocycles. The van der Waals surface area contributed by atoms with Crippen LogP contribution in [-0.4, -0.2) is 29.0 Å². The van der Waals surface area contributed by atoms with Gasteiger partial charge in [0.15, 0.2) is 5.52 Å². The van der Waals surface area contributed by atoms with Crippen LogP contribution in [0.3, 0.4) is 0 Å². The summed E-state index contributed by atoms with van der Waals surface area (Å²) in [6.07, 6.45) is 3.54. The molecule has 2 aromatic heterocycles. The van der Waals surface area contributed by atoms with E-state index in [9.17, 15) is 8.42 Å². The first kappa shape index (κ1) is 20.5. The van der Waals surface area contributed by atoms with Crippen molar-refractivity contribution in [1.82, 2.24) is 15.0 Å². The van der Waals surface area contributed by atoms with Gasteiger partial charge in [-0.15, -0.1) is 0 Å². The Morgan fingerprint density at radius 3 is 2.70 bits per heavy atom. The van der Waals surface area contributed by atoms with E-state index in [0.717, 1.165) is 12.8 Å². The lowest BCUT2D eigenvalue weighted by Gasteiger charge is -2.15. The monoisotopic (exact) mass is 445 g/mol. The van der Waals surface area contributed by atoms with Crippen molar-refractivity contribution in [2.45, 2.75) is 36.8 Å². The normalized spacial score (nSPS) is 15.0. The van der Waals surface area contributed by atoms with Gasteiger partial charge in [-0.1, -0.05) is 18.2 Å². The standard InChI is InChI=1S/C20H20ClN5O3S/c1-3-14-4-5-16-17(24-14)18(29-20(2)6-7-20)26-19(25-16)23-11-12-8-13(21)10-15(9-12)30(22,27)28/h3-5,8-10H,1,6-7,11H2,2H3,(H2,22,27,28)(H,23,25,26). The van der Waals surface area contributed by atoms with E-state index >= 15 is 0 Å². The molecule has 0 bridgehead atoms. The molecule has 0 atom stereocenters. The molecule has 30 heavy (non-hydrogen) atoms. The Labute approximate surface area is 179 Å². The number of hydrogen-bond donors (Lipinski definition) is 2. The van der Waals surface area contributed by atoms with Crippen LogP contribution in [0.2, 0.25) is 5.02 Å². The average molecular weight is 446 g/mol. The van der Waals surface area contributed by atoms with Crippen molar-refractivity contribution in [2.24, 2.45) is 5.14 Å². The Kier molecular flexibility index (Phi) is 5.13. The fraction of sp³-hybridized carbons (Fsp3) is 0.250. The number of fused-ring (bicyclic) bond motifs is 1. The number of nitrogens with zero attached hydrogens (tertiary/aromatic N) is 3. The summed E-state index contributed by atoms with van der Waals surface area (Å²) in [4.78, 5) is 13.5. The summed E-state index contributed by atoms with van der Waals surface area (Å²) in [7, 11) is -3.87. The fourth-order valence-corrected chi connectivity index (χ4v) is 3.78. The van der Waals surface area contributed by atoms with Gasteiger partial charge in [-0.25, -0.2) is 23.5 Å². The van der Waals surface area contributed by atoms with Gasteiger partial charge in [0.2, 0.25) is 21.9 Å². The van der Waals surface area contributed by atoms with E-state index in [1.54, 1.807) is 12.1 Å². The van der Waals surface area contributed by atoms with Crippen LogP contribution in [0, 0.1) is 0 Å². The molecule has 1 fully saturated rings. The highest BCUT2D eigenvalue weighted by Crippen LogP contribution is 2.40. The summed E-state index contributed by atoms with van der Waals surface area (Å²) >= 11 is 6.03. The van der Waals surface area contributed by atoms with Gasteiger partial charge in [-0.2, -0.15) is 4.98 Å². The number of hydrogen-bond acceptors (Lipinski definition) is 7. The highest BCUT2D eigenvalue weighted by molar-refractivity contribution is 7.89. The largest absolute Gasteiger partial charge is 0.470 e. The van der Waals surface area contributed by atoms with Gasteiger partial charge < -0.3 is 10.1 Å². The third-order valence-corrected chi connectivity index (χ3v) is 5.86. The van der Waals surface area contributed by atoms with E-state index in [1.807, 2.05) is 19.1 Å². The predicted octanol–water partition coefficient (Wildman–Crippen LogP) is 3.51. The molecule has 0 saturated heterocycles. The molecule has 8 nitrogen and oxygen atoms in total. The quantitative estimate of drug-likeness (QED) is 0.570. The number of benzene rings is 1. The highest BCUT2D eigenvalue weighted by Gasteiger charge is 2.41. The zero-order chi connectivity index (χ0) is 21.5. The fourth-order valence-electron chi connectivity index (χ4n) is 2.85. The summed E-state index contributed by atoms with van der Waals surface area (Å²) in [6.45, 7) is 6.01. The molecule has 1 aliphatic rings. The van der Waals surface area contributed by atoms with Gasteiger partial charge in [0, 0.05) is 11.6 Å². The Morgan fingerprint density at radius 1 is 1.27 bits per heavy atom. The summed E-state index contributed by atoms with van der Waals surface area (Å²) in [5, 5.41) is 8.57. The van der Waals surface area contributed by atoms with E-state index < -0.39 is 10.0 Å². The van der Waals surface area contributed by atoms with Crippen LogP contribution >= 0.6 is 11.6 Å². The zero-order valence-electron chi connectivity index (χ0n) is 16.2. The maximum absolute atomic E-state index is 11.6. The minimum Gasteiger partial charge on any atom is -0.470 e. The zero-order valence-corrected chi connectivity index (χ0v) is 17.8. The van der Waals surface area contributed by atoms with E-state index in [4.69, 9.17) is 21.5 Å². The molecule has 2 heterocycles. The SMILES string of the molecule is C=Cc1ccc2nc(NCc3cc(Cl)cc(S(N)(=O)=O)c3)nc(OC3(C)CC3)c2n1. The second-order valence-corrected chi connectivity index (χ2v) is 9.40. The molecule has 3 N–H and O–H groups in total. The van der Waals surface area contributed by atoms with Crippen molar-refractivity contribution in [3.8, 4) is 5.88 Å². The van der Waals surface area contributed by atoms with E-state index in [-0.39, 0.29) is 22.1 Å². The molecule has 3 aromatic rings. The Morgan fingerprint density at radius 2 is 2.03 bits per heavy atom. The number of ether oxygens (including phenoxy) is 1. The van der Waals surface area contributed by atoms with Crippen molar-refractivity contribution in [1.29, 1.82) is 0 Å². The van der Waals surface area contributed by atoms with Gasteiger partial charge >= 0.3 is 0 Å². The van der Waals surface area contributed by atoms with Gasteiger partial charge in [0.05, 0.1) is 16.1 Å². The van der Waals surface area contributed by atoms with Gasteiger partial charge in [-0.3, -0.25) is 0 Å². The van der Waals surface area contributed by atoms with Crippen LogP contribution in [-0.2, 0) is 16.6 Å². The molecular formula is C20H20ClN5O3S. The minimum absolute atomic E-state index is 0.0573. The topological polar surface area (TPSA) is 120 Å². The number of aromatic nitrogens is 3. The summed E-state index contributed by atoms with van der Waals surface area (Å²) in [5.74, 6) is 0.717. The van der Waals surface area contributed by atoms with Crippen molar-refractivity contribution < 1.29 is 13.2 Å². The lowest BCUT2D eigenvalue weighted by molar-refractivity contribution is 0.194. The molecule has 1 aromatic carbocycles. The van der Waals surface area contributed by atoms with Gasteiger partial charge in [0.1, 0.15) is 5.60 Å². The number of pyridine rings is 1. The Hall–Kier alpha value is -2.75. The maximum atomic E-state index is 11.6. The molecule has 0 spiro atoms. The molecule has 0 aliphatic heterocycles. The predicted molar refractivity (Wildman–Crippen MR) is 116 cm³/mol. The van der Waals surface area contributed by atoms with Crippen LogP contribution in [0.4, 0.5) is 5.95 Å². The van der Waals surface area contributed by atoms with Gasteiger partial charge in [-0.05, 0) is 61.7 Å². The van der Waals surface area contributed by atoms with E-state index in [1.165, 1.54) is 12.1 Å². The second-order valence-electron chi connectivity index (χ2n) is 7.41. The first-order valence-electron chi connectivity index (χ1n) is 9.22. The number of primary sulfonamides is 1. The van der Waals surface area contributed by atoms with Crippen LogP contribution in [0.15, 0.2) is 41.8 Å². The Bertz CT molecular complexity index is 1260. The summed E-state index contributed by atoms with van der Waals surface area (Å²) in [6, 6.07) is 8.04. The first-order chi connectivity index (χ1) is 14.1. The van der Waals surface area contributed by atoms with E-state index in [0.29, 0.717) is 34.1 Å². The van der Waals surface area contributed by atoms with Crippen molar-refractivity contribution in [3.05, 3.63) is 53.2 Å². The van der Waals surface area contributed by atoms with Crippen LogP contribution < -0.4 is 15.2 Å². The minimum atomic E-state index is -3.87. The average Bonchev–Trinajstić information content (AvgIpc) is 3.41. The number of sulfonamides is 1. The molecule has 10 heteroatoms. The van der Waals surface area contributed by atoms with Crippen LogP contribution in [0.1, 0.15) is 31.0 Å². The molecule has 1 saturated carbocycles. The molecule has 0 unspecified atom stereocenters. The van der Waals surface area contributed by atoms with Crippen molar-refractivity contribution in [3.63, 3.8) is 0 Å². The molecule has 0 radical (unpaired) electrons. The number of halogens is 1. The number of nitrogens with two attached hydrogens (primary N) is 1. The first-order valence-corrected chi connectivity index (χ1v) is 11.1. The summed E-state index contributed by atoms with van der Waals surface area (Å²) < 4.78 is 29.4. The number of nitrogens with one attached hydrogen (secondary N) is 1. The lowest BCUT2D eigenvalue weighted by Crippen LogP contribution is -2.15. The number of anilines is 1. The Balaban J connectivity index is 1.66. The molecule has 0 amide bonds. The lowest BCUT2D eigenvalue weighted by atomic mass is 10.2. The maximum Gasteiger partial charge on any atom is 0.246 e. The van der Waals surface area contributed by atoms with E-state index in [2.05, 4.69) is 26.8 Å². The highest BCUT2D eigenvalue weighted by atomic mass is 35.5. The van der Waals surface area contributed by atoms with Crippen LogP contribution in [0.25, 0.3) is 17.1 Å². The van der Waals surface area contributed by atoms with Gasteiger partial charge in [0.25, 0.3) is 0 Å². The molecular weight excluding hydrogens is 426 g/mol. The third kappa shape index (κ3) is 4.53.